The van der Waals surface area contributed by atoms with Crippen LogP contribution in [-0.2, 0) is 6.54 Å². The Morgan fingerprint density at radius 1 is 1.44 bits per heavy atom. The molecular formula is C12H14N4O2. The van der Waals surface area contributed by atoms with Crippen molar-refractivity contribution in [1.82, 2.24) is 14.9 Å². The highest BCUT2D eigenvalue weighted by Crippen LogP contribution is 2.13. The van der Waals surface area contributed by atoms with Gasteiger partial charge in [-0.1, -0.05) is 0 Å². The number of rotatable bonds is 3. The van der Waals surface area contributed by atoms with E-state index >= 15 is 0 Å². The molecule has 0 aliphatic rings. The standard InChI is InChI=1S/C12H14N4O2/c1-8-9(3-6-18-8)7-16(2)12(17)10-11(13)15-5-4-14-10/h3-6H,7H2,1-2H3,(H2,13,15). The number of nitrogen functional groups attached to an aromatic ring is 1. The number of nitrogens with zero attached hydrogens (tertiary/aromatic N) is 3. The first-order chi connectivity index (χ1) is 8.59. The van der Waals surface area contributed by atoms with E-state index in [9.17, 15) is 4.79 Å². The summed E-state index contributed by atoms with van der Waals surface area (Å²) < 4.78 is 5.18. The van der Waals surface area contributed by atoms with E-state index in [1.807, 2.05) is 13.0 Å². The Bertz CT molecular complexity index is 565. The lowest BCUT2D eigenvalue weighted by Gasteiger charge is -2.16. The zero-order valence-corrected chi connectivity index (χ0v) is 10.3. The van der Waals surface area contributed by atoms with Crippen LogP contribution >= 0.6 is 0 Å². The van der Waals surface area contributed by atoms with Crippen LogP contribution in [0.5, 0.6) is 0 Å². The maximum absolute atomic E-state index is 12.1. The van der Waals surface area contributed by atoms with Crippen LogP contribution in [0.3, 0.4) is 0 Å². The summed E-state index contributed by atoms with van der Waals surface area (Å²) in [7, 11) is 1.68. The highest BCUT2D eigenvalue weighted by Gasteiger charge is 2.18. The van der Waals surface area contributed by atoms with Gasteiger partial charge in [0.25, 0.3) is 5.91 Å². The molecule has 1 amide bonds. The minimum Gasteiger partial charge on any atom is -0.469 e. The van der Waals surface area contributed by atoms with Crippen LogP contribution in [0.2, 0.25) is 0 Å². The monoisotopic (exact) mass is 246 g/mol. The Kier molecular flexibility index (Phi) is 3.27. The van der Waals surface area contributed by atoms with Crippen LogP contribution in [0, 0.1) is 6.92 Å². The number of carbonyl (C=O) groups is 1. The van der Waals surface area contributed by atoms with Crippen molar-refractivity contribution in [2.24, 2.45) is 0 Å². The highest BCUT2D eigenvalue weighted by atomic mass is 16.3. The smallest absolute Gasteiger partial charge is 0.276 e. The molecule has 2 heterocycles. The molecule has 2 rings (SSSR count). The molecule has 0 saturated heterocycles. The van der Waals surface area contributed by atoms with Crippen molar-refractivity contribution in [2.75, 3.05) is 12.8 Å². The lowest BCUT2D eigenvalue weighted by molar-refractivity contribution is 0.0779. The van der Waals surface area contributed by atoms with Gasteiger partial charge in [0.1, 0.15) is 5.76 Å². The average molecular weight is 246 g/mol. The van der Waals surface area contributed by atoms with Crippen molar-refractivity contribution in [3.05, 3.63) is 41.7 Å². The number of aryl methyl sites for hydroxylation is 1. The third-order valence-corrected chi connectivity index (χ3v) is 2.65. The fourth-order valence-corrected chi connectivity index (χ4v) is 1.60. The Labute approximate surface area is 104 Å². The van der Waals surface area contributed by atoms with Crippen LogP contribution in [0.15, 0.2) is 29.1 Å². The maximum atomic E-state index is 12.1. The Balaban J connectivity index is 2.15. The summed E-state index contributed by atoms with van der Waals surface area (Å²) in [5.74, 6) is 0.668. The van der Waals surface area contributed by atoms with Gasteiger partial charge in [0.05, 0.1) is 6.26 Å². The zero-order valence-electron chi connectivity index (χ0n) is 10.3. The molecule has 0 aliphatic carbocycles. The zero-order chi connectivity index (χ0) is 13.1. The van der Waals surface area contributed by atoms with Crippen LogP contribution in [0.4, 0.5) is 5.82 Å². The van der Waals surface area contributed by atoms with Gasteiger partial charge in [-0.3, -0.25) is 4.79 Å². The summed E-state index contributed by atoms with van der Waals surface area (Å²) in [6.07, 6.45) is 4.49. The summed E-state index contributed by atoms with van der Waals surface area (Å²) in [4.78, 5) is 21.4. The second kappa shape index (κ2) is 4.87. The molecule has 94 valence electrons. The van der Waals surface area contributed by atoms with Crippen molar-refractivity contribution in [3.63, 3.8) is 0 Å². The Morgan fingerprint density at radius 2 is 2.17 bits per heavy atom. The molecule has 0 unspecified atom stereocenters. The average Bonchev–Trinajstić information content (AvgIpc) is 2.75. The number of hydrogen-bond acceptors (Lipinski definition) is 5. The quantitative estimate of drug-likeness (QED) is 0.880. The van der Waals surface area contributed by atoms with Crippen molar-refractivity contribution >= 4 is 11.7 Å². The maximum Gasteiger partial charge on any atom is 0.276 e. The molecule has 18 heavy (non-hydrogen) atoms. The summed E-state index contributed by atoms with van der Waals surface area (Å²) in [5, 5.41) is 0. The molecule has 0 aromatic carbocycles. The van der Waals surface area contributed by atoms with Gasteiger partial charge in [0.15, 0.2) is 11.5 Å². The van der Waals surface area contributed by atoms with E-state index in [-0.39, 0.29) is 17.4 Å². The third kappa shape index (κ3) is 2.32. The molecule has 2 N–H and O–H groups in total. The van der Waals surface area contributed by atoms with Gasteiger partial charge in [-0.2, -0.15) is 0 Å². The molecule has 0 bridgehead atoms. The molecule has 2 aromatic rings. The van der Waals surface area contributed by atoms with Gasteiger partial charge in [0.2, 0.25) is 0 Å². The number of anilines is 1. The molecule has 0 spiro atoms. The summed E-state index contributed by atoms with van der Waals surface area (Å²) in [5.41, 5.74) is 6.74. The minimum atomic E-state index is -0.263. The second-order valence-corrected chi connectivity index (χ2v) is 3.95. The number of amides is 1. The second-order valence-electron chi connectivity index (χ2n) is 3.95. The van der Waals surface area contributed by atoms with Gasteiger partial charge < -0.3 is 15.1 Å². The molecule has 0 aliphatic heterocycles. The van der Waals surface area contributed by atoms with Gasteiger partial charge >= 0.3 is 0 Å². The first kappa shape index (κ1) is 12.1. The number of furan rings is 1. The lowest BCUT2D eigenvalue weighted by Crippen LogP contribution is -2.28. The fraction of sp³-hybridized carbons (Fsp3) is 0.250. The van der Waals surface area contributed by atoms with E-state index in [1.165, 1.54) is 17.3 Å². The summed E-state index contributed by atoms with van der Waals surface area (Å²) in [6, 6.07) is 1.83. The van der Waals surface area contributed by atoms with Crippen molar-refractivity contribution in [3.8, 4) is 0 Å². The van der Waals surface area contributed by atoms with Gasteiger partial charge in [-0.15, -0.1) is 0 Å². The Morgan fingerprint density at radius 3 is 2.78 bits per heavy atom. The predicted molar refractivity (Wildman–Crippen MR) is 65.7 cm³/mol. The number of aromatic nitrogens is 2. The van der Waals surface area contributed by atoms with Crippen LogP contribution in [-0.4, -0.2) is 27.8 Å². The fourth-order valence-electron chi connectivity index (χ4n) is 1.60. The van der Waals surface area contributed by atoms with E-state index in [2.05, 4.69) is 9.97 Å². The summed E-state index contributed by atoms with van der Waals surface area (Å²) >= 11 is 0. The van der Waals surface area contributed by atoms with Gasteiger partial charge in [0, 0.05) is 31.5 Å². The SMILES string of the molecule is Cc1occc1CN(C)C(=O)c1nccnc1N. The van der Waals surface area contributed by atoms with E-state index < -0.39 is 0 Å². The molecule has 2 aromatic heterocycles. The normalized spacial score (nSPS) is 10.3. The molecule has 6 nitrogen and oxygen atoms in total. The highest BCUT2D eigenvalue weighted by molar-refractivity contribution is 5.96. The molecule has 6 heteroatoms. The minimum absolute atomic E-state index is 0.137. The van der Waals surface area contributed by atoms with Crippen LogP contribution in [0.1, 0.15) is 21.8 Å². The first-order valence-electron chi connectivity index (χ1n) is 5.44. The van der Waals surface area contributed by atoms with E-state index in [0.717, 1.165) is 11.3 Å². The molecule has 0 fully saturated rings. The molecular weight excluding hydrogens is 232 g/mol. The number of carbonyl (C=O) groups excluding carboxylic acids is 1. The number of nitrogens with two attached hydrogens (primary N) is 1. The number of hydrogen-bond donors (Lipinski definition) is 1. The molecule has 0 radical (unpaired) electrons. The van der Waals surface area contributed by atoms with E-state index in [1.54, 1.807) is 13.3 Å². The lowest BCUT2D eigenvalue weighted by atomic mass is 10.2. The Hall–Kier alpha value is -2.37. The largest absolute Gasteiger partial charge is 0.469 e. The van der Waals surface area contributed by atoms with E-state index in [4.69, 9.17) is 10.2 Å². The predicted octanol–water partition coefficient (Wildman–Crippen LogP) is 1.23. The van der Waals surface area contributed by atoms with Crippen LogP contribution < -0.4 is 5.73 Å². The van der Waals surface area contributed by atoms with Crippen molar-refractivity contribution in [2.45, 2.75) is 13.5 Å². The van der Waals surface area contributed by atoms with Crippen molar-refractivity contribution in [1.29, 1.82) is 0 Å². The molecule has 0 atom stereocenters. The molecule has 0 saturated carbocycles. The van der Waals surface area contributed by atoms with Gasteiger partial charge in [-0.05, 0) is 13.0 Å². The van der Waals surface area contributed by atoms with Crippen LogP contribution in [0.25, 0.3) is 0 Å². The first-order valence-corrected chi connectivity index (χ1v) is 5.44. The topological polar surface area (TPSA) is 85.2 Å². The van der Waals surface area contributed by atoms with Crippen molar-refractivity contribution < 1.29 is 9.21 Å². The summed E-state index contributed by atoms with van der Waals surface area (Å²) in [6.45, 7) is 2.29. The third-order valence-electron chi connectivity index (χ3n) is 2.65. The van der Waals surface area contributed by atoms with Gasteiger partial charge in [-0.25, -0.2) is 9.97 Å². The van der Waals surface area contributed by atoms with E-state index in [0.29, 0.717) is 6.54 Å².